The first-order valence-corrected chi connectivity index (χ1v) is 12.3. The summed E-state index contributed by atoms with van der Waals surface area (Å²) in [5, 5.41) is 6.29. The van der Waals surface area contributed by atoms with Crippen molar-refractivity contribution in [3.8, 4) is 11.3 Å². The molecule has 1 atom stereocenters. The number of likely N-dealkylation sites (N-methyl/N-ethyl adjacent to an activating group) is 1. The fourth-order valence-electron chi connectivity index (χ4n) is 4.59. The third-order valence-corrected chi connectivity index (χ3v) is 6.62. The smallest absolute Gasteiger partial charge is 0.255 e. The molecule has 0 spiro atoms. The number of nitrogens with zero attached hydrogens (tertiary/aromatic N) is 4. The number of rotatable bonds is 6. The van der Waals surface area contributed by atoms with Crippen LogP contribution in [-0.2, 0) is 0 Å². The van der Waals surface area contributed by atoms with Crippen molar-refractivity contribution in [2.45, 2.75) is 25.7 Å². The molecule has 2 N–H and O–H groups in total. The van der Waals surface area contributed by atoms with Crippen molar-refractivity contribution in [2.75, 3.05) is 30.8 Å². The van der Waals surface area contributed by atoms with Gasteiger partial charge >= 0.3 is 0 Å². The summed E-state index contributed by atoms with van der Waals surface area (Å²) in [4.78, 5) is 28.5. The van der Waals surface area contributed by atoms with Gasteiger partial charge in [-0.3, -0.25) is 9.78 Å². The maximum Gasteiger partial charge on any atom is 0.255 e. The number of carbonyl (C=O) groups is 1. The first-order valence-electron chi connectivity index (χ1n) is 12.3. The summed E-state index contributed by atoms with van der Waals surface area (Å²) in [5.41, 5.74) is 6.13. The number of piperidine rings is 1. The molecule has 1 unspecified atom stereocenters. The van der Waals surface area contributed by atoms with Gasteiger partial charge in [-0.05, 0) is 92.9 Å². The Hall–Kier alpha value is -4.10. The second kappa shape index (κ2) is 10.7. The van der Waals surface area contributed by atoms with Crippen LogP contribution >= 0.6 is 0 Å². The quantitative estimate of drug-likeness (QED) is 0.373. The van der Waals surface area contributed by atoms with Crippen molar-refractivity contribution in [3.05, 3.63) is 95.9 Å². The van der Waals surface area contributed by atoms with Gasteiger partial charge in [0, 0.05) is 47.6 Å². The molecule has 5 rings (SSSR count). The van der Waals surface area contributed by atoms with E-state index in [2.05, 4.69) is 49.7 Å². The zero-order valence-corrected chi connectivity index (χ0v) is 20.6. The van der Waals surface area contributed by atoms with E-state index in [1.807, 2.05) is 55.5 Å². The van der Waals surface area contributed by atoms with Crippen LogP contribution in [0.5, 0.6) is 0 Å². The summed E-state index contributed by atoms with van der Waals surface area (Å²) in [6.07, 6.45) is 7.64. The molecule has 0 bridgehead atoms. The van der Waals surface area contributed by atoms with Crippen molar-refractivity contribution in [3.63, 3.8) is 0 Å². The van der Waals surface area contributed by atoms with Crippen LogP contribution in [0.1, 0.15) is 40.2 Å². The Morgan fingerprint density at radius 1 is 1.06 bits per heavy atom. The number of aryl methyl sites for hydroxylation is 1. The molecular formula is C29H30N6O. The molecule has 2 aromatic carbocycles. The third-order valence-electron chi connectivity index (χ3n) is 6.62. The lowest BCUT2D eigenvalue weighted by atomic mass is 9.91. The van der Waals surface area contributed by atoms with Crippen molar-refractivity contribution >= 4 is 23.2 Å². The van der Waals surface area contributed by atoms with Crippen LogP contribution in [0.25, 0.3) is 11.3 Å². The average Bonchev–Trinajstić information content (AvgIpc) is 2.91. The minimum atomic E-state index is -0.159. The molecule has 7 nitrogen and oxygen atoms in total. The van der Waals surface area contributed by atoms with Gasteiger partial charge in [0.15, 0.2) is 0 Å². The molecule has 3 heterocycles. The maximum absolute atomic E-state index is 13.0. The number of pyridine rings is 1. The molecule has 2 aromatic heterocycles. The molecule has 182 valence electrons. The van der Waals surface area contributed by atoms with E-state index in [4.69, 9.17) is 0 Å². The topological polar surface area (TPSA) is 83.0 Å². The highest BCUT2D eigenvalue weighted by molar-refractivity contribution is 6.05. The summed E-state index contributed by atoms with van der Waals surface area (Å²) in [5.74, 6) is 0.854. The molecule has 0 radical (unpaired) electrons. The molecule has 36 heavy (non-hydrogen) atoms. The lowest BCUT2D eigenvalue weighted by Gasteiger charge is -2.30. The predicted molar refractivity (Wildman–Crippen MR) is 144 cm³/mol. The molecule has 1 saturated heterocycles. The fraction of sp³-hybridized carbons (Fsp3) is 0.241. The molecule has 4 aromatic rings. The largest absolute Gasteiger partial charge is 0.324 e. The van der Waals surface area contributed by atoms with E-state index in [1.165, 1.54) is 24.9 Å². The number of aromatic nitrogens is 3. The molecule has 1 aliphatic rings. The van der Waals surface area contributed by atoms with E-state index in [9.17, 15) is 4.79 Å². The standard InChI is InChI=1S/C29H30N6O/c1-20-7-8-22(17-27(20)34-29-31-15-13-26(33-29)23-5-3-14-30-18-23)28(36)32-25-11-9-21(10-12-25)24-6-4-16-35(2)19-24/h3,5,7-15,17-18,24H,4,6,16,19H2,1-2H3,(H,32,36)(H,31,33,34). The summed E-state index contributed by atoms with van der Waals surface area (Å²) >= 11 is 0. The van der Waals surface area contributed by atoms with E-state index in [0.29, 0.717) is 17.4 Å². The highest BCUT2D eigenvalue weighted by Crippen LogP contribution is 2.27. The number of amides is 1. The van der Waals surface area contributed by atoms with Gasteiger partial charge in [0.05, 0.1) is 5.69 Å². The Morgan fingerprint density at radius 3 is 2.69 bits per heavy atom. The molecule has 0 saturated carbocycles. The number of hydrogen-bond donors (Lipinski definition) is 2. The van der Waals surface area contributed by atoms with Gasteiger partial charge in [-0.1, -0.05) is 18.2 Å². The number of anilines is 3. The van der Waals surface area contributed by atoms with Gasteiger partial charge in [0.2, 0.25) is 5.95 Å². The monoisotopic (exact) mass is 478 g/mol. The molecule has 1 fully saturated rings. The Kier molecular flexibility index (Phi) is 7.00. The lowest BCUT2D eigenvalue weighted by molar-refractivity contribution is 0.102. The molecular weight excluding hydrogens is 448 g/mol. The van der Waals surface area contributed by atoms with Crippen LogP contribution in [0, 0.1) is 6.92 Å². The zero-order valence-electron chi connectivity index (χ0n) is 20.6. The number of carbonyl (C=O) groups excluding carboxylic acids is 1. The van der Waals surface area contributed by atoms with Gasteiger partial charge < -0.3 is 15.5 Å². The van der Waals surface area contributed by atoms with Crippen LogP contribution in [-0.4, -0.2) is 45.9 Å². The molecule has 0 aliphatic carbocycles. The lowest BCUT2D eigenvalue weighted by Crippen LogP contribution is -2.30. The summed E-state index contributed by atoms with van der Waals surface area (Å²) in [6, 6.07) is 19.5. The average molecular weight is 479 g/mol. The van der Waals surface area contributed by atoms with Crippen LogP contribution in [0.15, 0.2) is 79.3 Å². The van der Waals surface area contributed by atoms with E-state index >= 15 is 0 Å². The number of nitrogens with one attached hydrogen (secondary N) is 2. The van der Waals surface area contributed by atoms with Crippen molar-refractivity contribution in [2.24, 2.45) is 0 Å². The van der Waals surface area contributed by atoms with Gasteiger partial charge in [0.25, 0.3) is 5.91 Å². The van der Waals surface area contributed by atoms with Crippen molar-refractivity contribution in [1.82, 2.24) is 19.9 Å². The Bertz CT molecular complexity index is 1340. The third kappa shape index (κ3) is 5.58. The van der Waals surface area contributed by atoms with Gasteiger partial charge in [0.1, 0.15) is 0 Å². The molecule has 1 amide bonds. The van der Waals surface area contributed by atoms with Gasteiger partial charge in [-0.15, -0.1) is 0 Å². The Labute approximate surface area is 211 Å². The van der Waals surface area contributed by atoms with Gasteiger partial charge in [-0.2, -0.15) is 0 Å². The summed E-state index contributed by atoms with van der Waals surface area (Å²) in [7, 11) is 2.18. The molecule has 1 aliphatic heterocycles. The van der Waals surface area contributed by atoms with E-state index in [1.54, 1.807) is 18.6 Å². The van der Waals surface area contributed by atoms with Crippen molar-refractivity contribution < 1.29 is 4.79 Å². The summed E-state index contributed by atoms with van der Waals surface area (Å²) in [6.45, 7) is 4.23. The first-order chi connectivity index (χ1) is 17.5. The number of hydrogen-bond acceptors (Lipinski definition) is 6. The Balaban J connectivity index is 1.28. The second-order valence-electron chi connectivity index (χ2n) is 9.34. The summed E-state index contributed by atoms with van der Waals surface area (Å²) < 4.78 is 0. The predicted octanol–water partition coefficient (Wildman–Crippen LogP) is 5.65. The van der Waals surface area contributed by atoms with Crippen LogP contribution < -0.4 is 10.6 Å². The zero-order chi connectivity index (χ0) is 24.9. The fourth-order valence-corrected chi connectivity index (χ4v) is 4.59. The first kappa shape index (κ1) is 23.6. The molecule has 7 heteroatoms. The Morgan fingerprint density at radius 2 is 1.92 bits per heavy atom. The van der Waals surface area contributed by atoms with Crippen LogP contribution in [0.2, 0.25) is 0 Å². The van der Waals surface area contributed by atoms with Crippen LogP contribution in [0.3, 0.4) is 0 Å². The normalized spacial score (nSPS) is 15.9. The SMILES string of the molecule is Cc1ccc(C(=O)Nc2ccc(C3CCCN(C)C3)cc2)cc1Nc1nccc(-c2cccnc2)n1. The highest BCUT2D eigenvalue weighted by Gasteiger charge is 2.19. The van der Waals surface area contributed by atoms with E-state index in [0.717, 1.165) is 34.7 Å². The minimum absolute atomic E-state index is 0.159. The highest BCUT2D eigenvalue weighted by atomic mass is 16.1. The van der Waals surface area contributed by atoms with Crippen molar-refractivity contribution in [1.29, 1.82) is 0 Å². The van der Waals surface area contributed by atoms with E-state index in [-0.39, 0.29) is 5.91 Å². The number of benzene rings is 2. The minimum Gasteiger partial charge on any atom is -0.324 e. The second-order valence-corrected chi connectivity index (χ2v) is 9.34. The maximum atomic E-state index is 13.0. The van der Waals surface area contributed by atoms with Crippen LogP contribution in [0.4, 0.5) is 17.3 Å². The number of likely N-dealkylation sites (tertiary alicyclic amines) is 1. The van der Waals surface area contributed by atoms with E-state index < -0.39 is 0 Å². The van der Waals surface area contributed by atoms with Gasteiger partial charge in [-0.25, -0.2) is 9.97 Å².